The number of amidine groups is 1. The van der Waals surface area contributed by atoms with E-state index < -0.39 is 5.25 Å². The quantitative estimate of drug-likeness (QED) is 0.843. The second-order valence-electron chi connectivity index (χ2n) is 5.43. The summed E-state index contributed by atoms with van der Waals surface area (Å²) in [6.45, 7) is 0.488. The average Bonchev–Trinajstić information content (AvgIpc) is 2.96. The van der Waals surface area contributed by atoms with E-state index in [0.29, 0.717) is 22.4 Å². The fourth-order valence-electron chi connectivity index (χ4n) is 2.29. The zero-order valence-corrected chi connectivity index (χ0v) is 14.8. The maximum absolute atomic E-state index is 12.1. The predicted octanol–water partition coefficient (Wildman–Crippen LogP) is 3.46. The summed E-state index contributed by atoms with van der Waals surface area (Å²) in [5.41, 5.74) is 1.60. The van der Waals surface area contributed by atoms with E-state index in [1.54, 1.807) is 24.3 Å². The van der Waals surface area contributed by atoms with Gasteiger partial charge in [0.2, 0.25) is 11.8 Å². The third-order valence-electron chi connectivity index (χ3n) is 3.54. The number of halogens is 1. The molecule has 1 heterocycles. The molecule has 5 nitrogen and oxygen atoms in total. The lowest BCUT2D eigenvalue weighted by atomic mass is 10.2. The molecule has 25 heavy (non-hydrogen) atoms. The van der Waals surface area contributed by atoms with Gasteiger partial charge in [-0.05, 0) is 17.7 Å². The maximum Gasteiger partial charge on any atom is 0.240 e. The van der Waals surface area contributed by atoms with Crippen LogP contribution in [0.5, 0.6) is 0 Å². The number of hydrogen-bond donors (Lipinski definition) is 2. The Morgan fingerprint density at radius 2 is 1.88 bits per heavy atom. The van der Waals surface area contributed by atoms with E-state index in [1.165, 1.54) is 11.8 Å². The number of anilines is 1. The van der Waals surface area contributed by atoms with E-state index in [9.17, 15) is 9.59 Å². The Labute approximate surface area is 154 Å². The first-order valence-corrected chi connectivity index (χ1v) is 8.98. The van der Waals surface area contributed by atoms with Crippen LogP contribution in [0.2, 0.25) is 5.02 Å². The number of carbonyl (C=O) groups is 2. The predicted molar refractivity (Wildman–Crippen MR) is 102 cm³/mol. The molecule has 7 heteroatoms. The molecule has 2 amide bonds. The highest BCUT2D eigenvalue weighted by Gasteiger charge is 2.32. The lowest BCUT2D eigenvalue weighted by molar-refractivity contribution is -0.122. The standard InChI is InChI=1S/C18H16ClN3O2S/c19-13-8-4-5-9-14(13)21-16(23)10-15-17(24)22-18(25-15)20-11-12-6-2-1-3-7-12/h1-9,15H,10-11H2,(H,21,23)(H,20,22,24)/t15-/m0/s1. The Morgan fingerprint density at radius 3 is 2.64 bits per heavy atom. The first kappa shape index (κ1) is 17.5. The van der Waals surface area contributed by atoms with E-state index in [4.69, 9.17) is 11.6 Å². The van der Waals surface area contributed by atoms with Crippen molar-refractivity contribution in [3.05, 3.63) is 65.2 Å². The van der Waals surface area contributed by atoms with Crippen molar-refractivity contribution < 1.29 is 9.59 Å². The molecule has 0 saturated carbocycles. The van der Waals surface area contributed by atoms with Gasteiger partial charge in [0, 0.05) is 6.42 Å². The maximum atomic E-state index is 12.1. The summed E-state index contributed by atoms with van der Waals surface area (Å²) in [5, 5.41) is 5.97. The SMILES string of the molecule is O=C(C[C@@H]1SC(=NCc2ccccc2)NC1=O)Nc1ccccc1Cl. The van der Waals surface area contributed by atoms with Gasteiger partial charge in [-0.15, -0.1) is 0 Å². The van der Waals surface area contributed by atoms with Crippen LogP contribution in [-0.2, 0) is 16.1 Å². The van der Waals surface area contributed by atoms with Crippen LogP contribution in [0.1, 0.15) is 12.0 Å². The van der Waals surface area contributed by atoms with Crippen LogP contribution in [0.15, 0.2) is 59.6 Å². The van der Waals surface area contributed by atoms with Crippen LogP contribution in [0.4, 0.5) is 5.69 Å². The van der Waals surface area contributed by atoms with Crippen LogP contribution in [0.3, 0.4) is 0 Å². The second-order valence-corrected chi connectivity index (χ2v) is 7.03. The lowest BCUT2D eigenvalue weighted by Gasteiger charge is -2.08. The van der Waals surface area contributed by atoms with Crippen molar-refractivity contribution in [2.45, 2.75) is 18.2 Å². The summed E-state index contributed by atoms with van der Waals surface area (Å²) in [4.78, 5) is 28.6. The molecule has 0 aliphatic carbocycles. The number of aliphatic imine (C=N–C) groups is 1. The number of carbonyl (C=O) groups excluding carboxylic acids is 2. The Hall–Kier alpha value is -2.31. The number of nitrogens with zero attached hydrogens (tertiary/aromatic N) is 1. The topological polar surface area (TPSA) is 70.6 Å². The largest absolute Gasteiger partial charge is 0.325 e. The monoisotopic (exact) mass is 373 g/mol. The summed E-state index contributed by atoms with van der Waals surface area (Å²) in [7, 11) is 0. The Balaban J connectivity index is 1.56. The minimum absolute atomic E-state index is 0.0616. The van der Waals surface area contributed by atoms with Crippen molar-refractivity contribution >= 4 is 46.0 Å². The third-order valence-corrected chi connectivity index (χ3v) is 4.99. The van der Waals surface area contributed by atoms with E-state index in [0.717, 1.165) is 5.56 Å². The molecule has 1 aliphatic rings. The van der Waals surface area contributed by atoms with Gasteiger partial charge in [0.15, 0.2) is 5.17 Å². The van der Waals surface area contributed by atoms with Gasteiger partial charge in [-0.25, -0.2) is 0 Å². The summed E-state index contributed by atoms with van der Waals surface area (Å²) in [6.07, 6.45) is 0.0616. The van der Waals surface area contributed by atoms with E-state index in [2.05, 4.69) is 15.6 Å². The van der Waals surface area contributed by atoms with Gasteiger partial charge in [-0.3, -0.25) is 14.6 Å². The molecule has 1 fully saturated rings. The summed E-state index contributed by atoms with van der Waals surface area (Å²) >= 11 is 7.29. The Morgan fingerprint density at radius 1 is 1.16 bits per heavy atom. The molecule has 2 aromatic carbocycles. The van der Waals surface area contributed by atoms with E-state index >= 15 is 0 Å². The normalized spacial score (nSPS) is 18.2. The van der Waals surface area contributed by atoms with Crippen LogP contribution in [0, 0.1) is 0 Å². The molecule has 0 aromatic heterocycles. The molecule has 1 saturated heterocycles. The van der Waals surface area contributed by atoms with Crippen molar-refractivity contribution in [3.63, 3.8) is 0 Å². The lowest BCUT2D eigenvalue weighted by Crippen LogP contribution is -2.28. The number of rotatable bonds is 5. The minimum Gasteiger partial charge on any atom is -0.325 e. The average molecular weight is 374 g/mol. The number of benzene rings is 2. The van der Waals surface area contributed by atoms with Gasteiger partial charge in [0.1, 0.15) is 5.25 Å². The number of para-hydroxylation sites is 1. The Bertz CT molecular complexity index is 811. The van der Waals surface area contributed by atoms with Gasteiger partial charge in [-0.1, -0.05) is 65.8 Å². The number of amides is 2. The van der Waals surface area contributed by atoms with Crippen molar-refractivity contribution in [3.8, 4) is 0 Å². The highest BCUT2D eigenvalue weighted by molar-refractivity contribution is 8.15. The molecule has 0 spiro atoms. The van der Waals surface area contributed by atoms with Crippen LogP contribution in [-0.4, -0.2) is 22.2 Å². The van der Waals surface area contributed by atoms with Gasteiger partial charge in [-0.2, -0.15) is 0 Å². The summed E-state index contributed by atoms with van der Waals surface area (Å²) in [5.74, 6) is -0.462. The number of nitrogens with one attached hydrogen (secondary N) is 2. The van der Waals surface area contributed by atoms with Crippen LogP contribution < -0.4 is 10.6 Å². The molecular formula is C18H16ClN3O2S. The van der Waals surface area contributed by atoms with Gasteiger partial charge < -0.3 is 10.6 Å². The fraction of sp³-hybridized carbons (Fsp3) is 0.167. The molecule has 1 atom stereocenters. The van der Waals surface area contributed by atoms with Gasteiger partial charge in [0.25, 0.3) is 0 Å². The van der Waals surface area contributed by atoms with E-state index in [1.807, 2.05) is 30.3 Å². The second kappa shape index (κ2) is 8.18. The number of hydrogen-bond acceptors (Lipinski definition) is 4. The molecule has 0 radical (unpaired) electrons. The zero-order valence-electron chi connectivity index (χ0n) is 13.2. The zero-order chi connectivity index (χ0) is 17.6. The van der Waals surface area contributed by atoms with Crippen LogP contribution in [0.25, 0.3) is 0 Å². The van der Waals surface area contributed by atoms with Crippen LogP contribution >= 0.6 is 23.4 Å². The highest BCUT2D eigenvalue weighted by Crippen LogP contribution is 2.25. The van der Waals surface area contributed by atoms with E-state index in [-0.39, 0.29) is 18.2 Å². The van der Waals surface area contributed by atoms with Crippen molar-refractivity contribution in [1.82, 2.24) is 5.32 Å². The molecule has 0 unspecified atom stereocenters. The smallest absolute Gasteiger partial charge is 0.240 e. The Kier molecular flexibility index (Phi) is 5.73. The van der Waals surface area contributed by atoms with Gasteiger partial charge >= 0.3 is 0 Å². The van der Waals surface area contributed by atoms with Crippen molar-refractivity contribution in [2.75, 3.05) is 5.32 Å². The minimum atomic E-state index is -0.489. The third kappa shape index (κ3) is 4.84. The first-order chi connectivity index (χ1) is 12.1. The first-order valence-electron chi connectivity index (χ1n) is 7.72. The van der Waals surface area contributed by atoms with Crippen molar-refractivity contribution in [1.29, 1.82) is 0 Å². The summed E-state index contributed by atoms with van der Waals surface area (Å²) in [6, 6.07) is 16.8. The number of thioether (sulfide) groups is 1. The van der Waals surface area contributed by atoms with Gasteiger partial charge in [0.05, 0.1) is 17.3 Å². The molecular weight excluding hydrogens is 358 g/mol. The molecule has 0 bridgehead atoms. The molecule has 128 valence electrons. The van der Waals surface area contributed by atoms with Crippen molar-refractivity contribution in [2.24, 2.45) is 4.99 Å². The summed E-state index contributed by atoms with van der Waals surface area (Å²) < 4.78 is 0. The fourth-order valence-corrected chi connectivity index (χ4v) is 3.45. The molecule has 1 aliphatic heterocycles. The molecule has 2 aromatic rings. The highest BCUT2D eigenvalue weighted by atomic mass is 35.5. The molecule has 3 rings (SSSR count). The molecule has 2 N–H and O–H groups in total.